The van der Waals surface area contributed by atoms with Gasteiger partial charge < -0.3 is 5.32 Å². The molecule has 0 aliphatic rings. The Labute approximate surface area is 123 Å². The highest BCUT2D eigenvalue weighted by Gasteiger charge is 2.23. The highest BCUT2D eigenvalue weighted by atomic mass is 79.9. The molecule has 0 saturated carbocycles. The highest BCUT2D eigenvalue weighted by Crippen LogP contribution is 2.32. The van der Waals surface area contributed by atoms with Crippen molar-refractivity contribution >= 4 is 15.9 Å². The Hall–Kier alpha value is -1.33. The first-order valence-corrected chi connectivity index (χ1v) is 6.81. The fourth-order valence-electron chi connectivity index (χ4n) is 2.17. The molecule has 0 fully saturated rings. The van der Waals surface area contributed by atoms with Crippen molar-refractivity contribution in [2.45, 2.75) is 13.0 Å². The summed E-state index contributed by atoms with van der Waals surface area (Å²) in [5.41, 5.74) is 1.46. The lowest BCUT2D eigenvalue weighted by Gasteiger charge is -2.20. The normalized spacial score (nSPS) is 12.5. The van der Waals surface area contributed by atoms with Crippen LogP contribution in [0.2, 0.25) is 0 Å². The van der Waals surface area contributed by atoms with Crippen LogP contribution in [0.5, 0.6) is 0 Å². The first-order valence-electron chi connectivity index (χ1n) is 6.01. The molecule has 2 aromatic carbocycles. The number of benzene rings is 2. The van der Waals surface area contributed by atoms with Crippen LogP contribution in [0.1, 0.15) is 22.7 Å². The molecule has 0 amide bonds. The maximum atomic E-state index is 13.9. The molecule has 0 bridgehead atoms. The quantitative estimate of drug-likeness (QED) is 0.866. The molecular weight excluding hydrogens is 331 g/mol. The van der Waals surface area contributed by atoms with Gasteiger partial charge in [-0.05, 0) is 25.6 Å². The molecule has 2 aromatic rings. The number of hydrogen-bond acceptors (Lipinski definition) is 1. The van der Waals surface area contributed by atoms with Gasteiger partial charge in [-0.3, -0.25) is 0 Å². The molecule has 2 rings (SSSR count). The van der Waals surface area contributed by atoms with Crippen LogP contribution in [0.25, 0.3) is 0 Å². The van der Waals surface area contributed by atoms with Gasteiger partial charge in [0.15, 0.2) is 0 Å². The maximum Gasteiger partial charge on any atom is 0.134 e. The minimum Gasteiger partial charge on any atom is -0.309 e. The molecule has 106 valence electrons. The molecular formula is C15H13BrF3N. The zero-order valence-electron chi connectivity index (χ0n) is 11.0. The Bertz CT molecular complexity index is 620. The van der Waals surface area contributed by atoms with Gasteiger partial charge in [-0.1, -0.05) is 33.6 Å². The van der Waals surface area contributed by atoms with Crippen LogP contribution in [0, 0.1) is 24.4 Å². The van der Waals surface area contributed by atoms with Gasteiger partial charge in [0.1, 0.15) is 17.5 Å². The molecule has 20 heavy (non-hydrogen) atoms. The SMILES string of the molecule is CNC(c1cc(C)ccc1Br)c1c(F)cc(F)cc1F. The fraction of sp³-hybridized carbons (Fsp3) is 0.200. The number of halogens is 4. The zero-order chi connectivity index (χ0) is 14.9. The molecule has 0 saturated heterocycles. The van der Waals surface area contributed by atoms with E-state index in [9.17, 15) is 13.2 Å². The van der Waals surface area contributed by atoms with Crippen molar-refractivity contribution in [2.75, 3.05) is 7.05 Å². The van der Waals surface area contributed by atoms with Crippen molar-refractivity contribution in [3.63, 3.8) is 0 Å². The van der Waals surface area contributed by atoms with Crippen molar-refractivity contribution in [1.29, 1.82) is 0 Å². The van der Waals surface area contributed by atoms with Gasteiger partial charge in [0, 0.05) is 22.2 Å². The Morgan fingerprint density at radius 1 is 1.05 bits per heavy atom. The van der Waals surface area contributed by atoms with Gasteiger partial charge in [0.05, 0.1) is 6.04 Å². The minimum atomic E-state index is -0.929. The van der Waals surface area contributed by atoms with Crippen molar-refractivity contribution in [3.8, 4) is 0 Å². The summed E-state index contributed by atoms with van der Waals surface area (Å²) in [6.45, 7) is 1.89. The zero-order valence-corrected chi connectivity index (χ0v) is 12.6. The molecule has 0 heterocycles. The second-order valence-electron chi connectivity index (χ2n) is 4.53. The fourth-order valence-corrected chi connectivity index (χ4v) is 2.64. The number of aryl methyl sites for hydroxylation is 1. The highest BCUT2D eigenvalue weighted by molar-refractivity contribution is 9.10. The first kappa shape index (κ1) is 15.1. The van der Waals surface area contributed by atoms with E-state index in [0.29, 0.717) is 17.7 Å². The van der Waals surface area contributed by atoms with Crippen LogP contribution in [0.4, 0.5) is 13.2 Å². The molecule has 1 nitrogen and oxygen atoms in total. The third kappa shape index (κ3) is 2.88. The summed E-state index contributed by atoms with van der Waals surface area (Å²) in [6.07, 6.45) is 0. The average molecular weight is 344 g/mol. The molecule has 0 spiro atoms. The van der Waals surface area contributed by atoms with E-state index in [4.69, 9.17) is 0 Å². The monoisotopic (exact) mass is 343 g/mol. The Morgan fingerprint density at radius 2 is 1.65 bits per heavy atom. The second-order valence-corrected chi connectivity index (χ2v) is 5.38. The molecule has 0 radical (unpaired) electrons. The van der Waals surface area contributed by atoms with E-state index in [1.165, 1.54) is 0 Å². The number of rotatable bonds is 3. The van der Waals surface area contributed by atoms with Crippen LogP contribution in [0.3, 0.4) is 0 Å². The smallest absolute Gasteiger partial charge is 0.134 e. The Kier molecular flexibility index (Phi) is 4.50. The van der Waals surface area contributed by atoms with Crippen molar-refractivity contribution in [1.82, 2.24) is 5.32 Å². The van der Waals surface area contributed by atoms with E-state index in [1.54, 1.807) is 7.05 Å². The van der Waals surface area contributed by atoms with Crippen LogP contribution in [-0.4, -0.2) is 7.05 Å². The predicted molar refractivity (Wildman–Crippen MR) is 76.1 cm³/mol. The summed E-state index contributed by atoms with van der Waals surface area (Å²) in [5, 5.41) is 2.87. The van der Waals surface area contributed by atoms with E-state index in [-0.39, 0.29) is 5.56 Å². The molecule has 0 aliphatic carbocycles. The van der Waals surface area contributed by atoms with E-state index >= 15 is 0 Å². The summed E-state index contributed by atoms with van der Waals surface area (Å²) in [5.74, 6) is -2.74. The summed E-state index contributed by atoms with van der Waals surface area (Å²) in [7, 11) is 1.60. The van der Waals surface area contributed by atoms with Crippen LogP contribution >= 0.6 is 15.9 Å². The third-order valence-electron chi connectivity index (χ3n) is 3.08. The van der Waals surface area contributed by atoms with E-state index in [2.05, 4.69) is 21.2 Å². The van der Waals surface area contributed by atoms with Crippen LogP contribution < -0.4 is 5.32 Å². The van der Waals surface area contributed by atoms with Crippen LogP contribution in [-0.2, 0) is 0 Å². The molecule has 1 atom stereocenters. The van der Waals surface area contributed by atoms with Gasteiger partial charge in [-0.2, -0.15) is 0 Å². The van der Waals surface area contributed by atoms with Gasteiger partial charge >= 0.3 is 0 Å². The molecule has 0 aromatic heterocycles. The van der Waals surface area contributed by atoms with E-state index < -0.39 is 23.5 Å². The lowest BCUT2D eigenvalue weighted by atomic mass is 9.96. The van der Waals surface area contributed by atoms with E-state index in [0.717, 1.165) is 10.0 Å². The first-order chi connectivity index (χ1) is 9.43. The summed E-state index contributed by atoms with van der Waals surface area (Å²) in [6, 6.07) is 6.20. The molecule has 1 unspecified atom stereocenters. The molecule has 5 heteroatoms. The topological polar surface area (TPSA) is 12.0 Å². The second kappa shape index (κ2) is 5.97. The maximum absolute atomic E-state index is 13.9. The third-order valence-corrected chi connectivity index (χ3v) is 3.81. The minimum absolute atomic E-state index is 0.194. The Morgan fingerprint density at radius 3 is 2.20 bits per heavy atom. The summed E-state index contributed by atoms with van der Waals surface area (Å²) < 4.78 is 41.6. The van der Waals surface area contributed by atoms with Gasteiger partial charge in [0.25, 0.3) is 0 Å². The van der Waals surface area contributed by atoms with Crippen LogP contribution in [0.15, 0.2) is 34.8 Å². The lowest BCUT2D eigenvalue weighted by Crippen LogP contribution is -2.21. The number of hydrogen-bond donors (Lipinski definition) is 1. The van der Waals surface area contributed by atoms with E-state index in [1.807, 2.05) is 25.1 Å². The van der Waals surface area contributed by atoms with Crippen molar-refractivity contribution in [2.24, 2.45) is 0 Å². The largest absolute Gasteiger partial charge is 0.309 e. The Balaban J connectivity index is 2.61. The number of nitrogens with one attached hydrogen (secondary N) is 1. The average Bonchev–Trinajstić information content (AvgIpc) is 2.37. The molecule has 1 N–H and O–H groups in total. The summed E-state index contributed by atoms with van der Waals surface area (Å²) >= 11 is 3.37. The predicted octanol–water partition coefficient (Wildman–Crippen LogP) is 4.48. The molecule has 0 aliphatic heterocycles. The standard InChI is InChI=1S/C15H13BrF3N/c1-8-3-4-11(16)10(5-8)15(20-2)14-12(18)6-9(17)7-13(14)19/h3-7,15,20H,1-2H3. The van der Waals surface area contributed by atoms with Gasteiger partial charge in [0.2, 0.25) is 0 Å². The summed E-state index contributed by atoms with van der Waals surface area (Å²) in [4.78, 5) is 0. The lowest BCUT2D eigenvalue weighted by molar-refractivity contribution is 0.499. The van der Waals surface area contributed by atoms with Crippen molar-refractivity contribution in [3.05, 3.63) is 68.9 Å². The van der Waals surface area contributed by atoms with Gasteiger partial charge in [-0.15, -0.1) is 0 Å². The van der Waals surface area contributed by atoms with Gasteiger partial charge in [-0.25, -0.2) is 13.2 Å². The van der Waals surface area contributed by atoms with Crippen molar-refractivity contribution < 1.29 is 13.2 Å².